The number of benzene rings is 1. The number of nitrogens with zero attached hydrogens (tertiary/aromatic N) is 1. The molecule has 0 amide bonds. The molecule has 1 aromatic rings. The molecular weight excluding hydrogens is 152 g/mol. The van der Waals surface area contributed by atoms with E-state index in [4.69, 9.17) is 0 Å². The summed E-state index contributed by atoms with van der Waals surface area (Å²) in [6, 6.07) is 5.31. The van der Waals surface area contributed by atoms with Crippen molar-refractivity contribution < 1.29 is 5.11 Å². The SMILES string of the molecule is Oc1cccc2c1C=NC=CN2. The lowest BCUT2D eigenvalue weighted by Gasteiger charge is -2.04. The number of aliphatic imine (C=N–C) groups is 1. The van der Waals surface area contributed by atoms with Crippen LogP contribution >= 0.6 is 0 Å². The molecule has 0 aliphatic carbocycles. The quantitative estimate of drug-likeness (QED) is 0.606. The summed E-state index contributed by atoms with van der Waals surface area (Å²) in [4.78, 5) is 3.94. The Balaban J connectivity index is 2.59. The van der Waals surface area contributed by atoms with E-state index in [-0.39, 0.29) is 5.75 Å². The first-order chi connectivity index (χ1) is 5.88. The van der Waals surface area contributed by atoms with Crippen molar-refractivity contribution in [3.05, 3.63) is 36.2 Å². The molecule has 1 heterocycles. The van der Waals surface area contributed by atoms with Gasteiger partial charge in [-0.3, -0.25) is 4.99 Å². The van der Waals surface area contributed by atoms with Gasteiger partial charge in [0.1, 0.15) is 5.75 Å². The molecule has 1 aliphatic rings. The predicted octanol–water partition coefficient (Wildman–Crippen LogP) is 1.71. The van der Waals surface area contributed by atoms with Crippen molar-refractivity contribution in [2.45, 2.75) is 0 Å². The fourth-order valence-electron chi connectivity index (χ4n) is 1.10. The van der Waals surface area contributed by atoms with Crippen molar-refractivity contribution >= 4 is 11.9 Å². The first kappa shape index (κ1) is 6.91. The molecule has 0 saturated heterocycles. The molecule has 0 unspecified atom stereocenters. The number of aromatic hydroxyl groups is 1. The van der Waals surface area contributed by atoms with Gasteiger partial charge in [-0.15, -0.1) is 0 Å². The Morgan fingerprint density at radius 3 is 3.17 bits per heavy atom. The van der Waals surface area contributed by atoms with Crippen LogP contribution in [0.2, 0.25) is 0 Å². The summed E-state index contributed by atoms with van der Waals surface area (Å²) >= 11 is 0. The van der Waals surface area contributed by atoms with Crippen molar-refractivity contribution in [1.82, 2.24) is 0 Å². The molecule has 0 bridgehead atoms. The summed E-state index contributed by atoms with van der Waals surface area (Å²) < 4.78 is 0. The topological polar surface area (TPSA) is 44.6 Å². The van der Waals surface area contributed by atoms with E-state index < -0.39 is 0 Å². The van der Waals surface area contributed by atoms with Gasteiger partial charge in [-0.05, 0) is 12.1 Å². The average molecular weight is 160 g/mol. The van der Waals surface area contributed by atoms with E-state index in [1.807, 2.05) is 6.07 Å². The van der Waals surface area contributed by atoms with E-state index in [0.717, 1.165) is 11.3 Å². The Morgan fingerprint density at radius 1 is 1.33 bits per heavy atom. The summed E-state index contributed by atoms with van der Waals surface area (Å²) in [6.07, 6.45) is 4.99. The van der Waals surface area contributed by atoms with Crippen LogP contribution in [0, 0.1) is 0 Å². The molecule has 0 aromatic heterocycles. The van der Waals surface area contributed by atoms with Crippen molar-refractivity contribution in [3.63, 3.8) is 0 Å². The lowest BCUT2D eigenvalue weighted by molar-refractivity contribution is 0.475. The van der Waals surface area contributed by atoms with E-state index in [2.05, 4.69) is 10.3 Å². The number of nitrogens with one attached hydrogen (secondary N) is 1. The van der Waals surface area contributed by atoms with Crippen LogP contribution < -0.4 is 5.32 Å². The normalized spacial score (nSPS) is 13.3. The third-order valence-electron chi connectivity index (χ3n) is 1.69. The minimum atomic E-state index is 0.243. The van der Waals surface area contributed by atoms with E-state index >= 15 is 0 Å². The van der Waals surface area contributed by atoms with Gasteiger partial charge in [0.05, 0.1) is 11.3 Å². The summed E-state index contributed by atoms with van der Waals surface area (Å²) in [5.41, 5.74) is 1.59. The molecule has 0 spiro atoms. The molecule has 60 valence electrons. The first-order valence-corrected chi connectivity index (χ1v) is 3.64. The zero-order chi connectivity index (χ0) is 8.39. The average Bonchev–Trinajstić information content (AvgIpc) is 2.30. The van der Waals surface area contributed by atoms with Crippen LogP contribution in [0.1, 0.15) is 5.56 Å². The lowest BCUT2D eigenvalue weighted by atomic mass is 10.2. The minimum Gasteiger partial charge on any atom is -0.507 e. The standard InChI is InChI=1S/C9H8N2O/c12-9-3-1-2-8-7(9)6-10-4-5-11-8/h1-6,11-12H. The van der Waals surface area contributed by atoms with Gasteiger partial charge in [-0.1, -0.05) is 6.07 Å². The third kappa shape index (κ3) is 1.05. The fourth-order valence-corrected chi connectivity index (χ4v) is 1.10. The van der Waals surface area contributed by atoms with E-state index in [9.17, 15) is 5.11 Å². The Labute approximate surface area is 70.1 Å². The molecule has 3 nitrogen and oxygen atoms in total. The van der Waals surface area contributed by atoms with Crippen LogP contribution in [0.25, 0.3) is 0 Å². The Bertz CT molecular complexity index is 356. The molecule has 2 N–H and O–H groups in total. The first-order valence-electron chi connectivity index (χ1n) is 3.64. The smallest absolute Gasteiger partial charge is 0.126 e. The molecule has 2 rings (SSSR count). The molecule has 1 aromatic carbocycles. The molecule has 3 heteroatoms. The zero-order valence-corrected chi connectivity index (χ0v) is 6.36. The van der Waals surface area contributed by atoms with Gasteiger partial charge in [0, 0.05) is 18.6 Å². The molecule has 0 saturated carbocycles. The third-order valence-corrected chi connectivity index (χ3v) is 1.69. The fraction of sp³-hybridized carbons (Fsp3) is 0. The maximum Gasteiger partial charge on any atom is 0.126 e. The van der Waals surface area contributed by atoms with Crippen molar-refractivity contribution in [3.8, 4) is 5.75 Å². The van der Waals surface area contributed by atoms with E-state index in [1.54, 1.807) is 30.7 Å². The number of hydrogen-bond acceptors (Lipinski definition) is 3. The Morgan fingerprint density at radius 2 is 2.25 bits per heavy atom. The van der Waals surface area contributed by atoms with Gasteiger partial charge >= 0.3 is 0 Å². The van der Waals surface area contributed by atoms with Crippen LogP contribution in [-0.2, 0) is 0 Å². The molecule has 0 atom stereocenters. The van der Waals surface area contributed by atoms with Gasteiger partial charge in [-0.2, -0.15) is 0 Å². The largest absolute Gasteiger partial charge is 0.507 e. The van der Waals surface area contributed by atoms with Crippen LogP contribution in [-0.4, -0.2) is 11.3 Å². The van der Waals surface area contributed by atoms with E-state index in [0.29, 0.717) is 0 Å². The van der Waals surface area contributed by atoms with Gasteiger partial charge in [0.15, 0.2) is 0 Å². The Hall–Kier alpha value is -1.77. The van der Waals surface area contributed by atoms with Gasteiger partial charge in [-0.25, -0.2) is 0 Å². The molecule has 12 heavy (non-hydrogen) atoms. The van der Waals surface area contributed by atoms with Gasteiger partial charge < -0.3 is 10.4 Å². The molecule has 0 fully saturated rings. The molecule has 0 radical (unpaired) electrons. The van der Waals surface area contributed by atoms with Gasteiger partial charge in [0.25, 0.3) is 0 Å². The maximum absolute atomic E-state index is 9.42. The van der Waals surface area contributed by atoms with Crippen molar-refractivity contribution in [2.75, 3.05) is 5.32 Å². The second-order valence-corrected chi connectivity index (χ2v) is 2.48. The van der Waals surface area contributed by atoms with Crippen molar-refractivity contribution in [2.24, 2.45) is 4.99 Å². The highest BCUT2D eigenvalue weighted by atomic mass is 16.3. The highest BCUT2D eigenvalue weighted by molar-refractivity contribution is 5.92. The van der Waals surface area contributed by atoms with Crippen LogP contribution in [0.15, 0.2) is 35.6 Å². The second kappa shape index (κ2) is 2.70. The van der Waals surface area contributed by atoms with E-state index in [1.165, 1.54) is 0 Å². The molecular formula is C9H8N2O. The van der Waals surface area contributed by atoms with Crippen LogP contribution in [0.3, 0.4) is 0 Å². The number of fused-ring (bicyclic) bond motifs is 1. The monoisotopic (exact) mass is 160 g/mol. The highest BCUT2D eigenvalue weighted by Crippen LogP contribution is 2.24. The summed E-state index contributed by atoms with van der Waals surface area (Å²) in [5, 5.41) is 12.4. The van der Waals surface area contributed by atoms with Crippen LogP contribution in [0.4, 0.5) is 5.69 Å². The molecule has 1 aliphatic heterocycles. The number of anilines is 1. The number of hydrogen-bond donors (Lipinski definition) is 2. The number of rotatable bonds is 0. The van der Waals surface area contributed by atoms with Crippen LogP contribution in [0.5, 0.6) is 5.75 Å². The minimum absolute atomic E-state index is 0.243. The summed E-state index contributed by atoms with van der Waals surface area (Å²) in [7, 11) is 0. The van der Waals surface area contributed by atoms with Gasteiger partial charge in [0.2, 0.25) is 0 Å². The Kier molecular flexibility index (Phi) is 1.55. The second-order valence-electron chi connectivity index (χ2n) is 2.48. The highest BCUT2D eigenvalue weighted by Gasteiger charge is 2.04. The lowest BCUT2D eigenvalue weighted by Crippen LogP contribution is -1.91. The van der Waals surface area contributed by atoms with Crippen molar-refractivity contribution in [1.29, 1.82) is 0 Å². The zero-order valence-electron chi connectivity index (χ0n) is 6.36. The number of phenols is 1. The summed E-state index contributed by atoms with van der Waals surface area (Å²) in [5.74, 6) is 0.243. The maximum atomic E-state index is 9.42. The summed E-state index contributed by atoms with van der Waals surface area (Å²) in [6.45, 7) is 0. The predicted molar refractivity (Wildman–Crippen MR) is 48.5 cm³/mol. The number of phenolic OH excluding ortho intramolecular Hbond substituents is 1.